The van der Waals surface area contributed by atoms with Gasteiger partial charge in [-0.2, -0.15) is 0 Å². The van der Waals surface area contributed by atoms with Gasteiger partial charge < -0.3 is 20.4 Å². The minimum absolute atomic E-state index is 0.0908. The van der Waals surface area contributed by atoms with Crippen LogP contribution >= 0.6 is 0 Å². The molecule has 0 heterocycles. The van der Waals surface area contributed by atoms with E-state index < -0.39 is 52.5 Å². The number of rotatable bonds is 4. The second-order valence-corrected chi connectivity index (χ2v) is 6.98. The lowest BCUT2D eigenvalue weighted by Crippen LogP contribution is -2.72. The molecule has 8 heteroatoms. The fraction of sp³-hybridized carbons (Fsp3) is 0.714. The second-order valence-electron chi connectivity index (χ2n) is 6.98. The van der Waals surface area contributed by atoms with Gasteiger partial charge in [0.15, 0.2) is 5.41 Å². The average molecular weight is 312 g/mol. The number of hydrogen-bond donors (Lipinski definition) is 4. The lowest BCUT2D eigenvalue weighted by Gasteiger charge is -2.64. The van der Waals surface area contributed by atoms with Crippen LogP contribution in [-0.2, 0) is 19.2 Å². The fourth-order valence-electron chi connectivity index (χ4n) is 5.57. The lowest BCUT2D eigenvalue weighted by molar-refractivity contribution is -0.238. The van der Waals surface area contributed by atoms with Crippen molar-refractivity contribution in [3.8, 4) is 0 Å². The van der Waals surface area contributed by atoms with Crippen molar-refractivity contribution >= 4 is 23.9 Å². The molecular weight excluding hydrogens is 296 g/mol. The molecule has 0 aromatic carbocycles. The van der Waals surface area contributed by atoms with Crippen LogP contribution < -0.4 is 0 Å². The number of carbonyl (C=O) groups is 4. The van der Waals surface area contributed by atoms with E-state index in [1.165, 1.54) is 0 Å². The van der Waals surface area contributed by atoms with Crippen LogP contribution in [0.15, 0.2) is 0 Å². The van der Waals surface area contributed by atoms with Crippen molar-refractivity contribution in [1.82, 2.24) is 0 Å². The Morgan fingerprint density at radius 2 is 1.36 bits per heavy atom. The van der Waals surface area contributed by atoms with Crippen molar-refractivity contribution in [3.05, 3.63) is 0 Å². The third-order valence-corrected chi connectivity index (χ3v) is 6.12. The molecule has 4 aliphatic carbocycles. The Balaban J connectivity index is 2.28. The molecule has 4 rings (SSSR count). The summed E-state index contributed by atoms with van der Waals surface area (Å²) in [5.74, 6) is -7.25. The highest BCUT2D eigenvalue weighted by Gasteiger charge is 2.80. The zero-order valence-corrected chi connectivity index (χ0v) is 11.6. The maximum Gasteiger partial charge on any atom is 0.322 e. The van der Waals surface area contributed by atoms with Crippen molar-refractivity contribution in [1.29, 1.82) is 0 Å². The van der Waals surface area contributed by atoms with E-state index in [4.69, 9.17) is 0 Å². The molecule has 0 radical (unpaired) electrons. The van der Waals surface area contributed by atoms with Crippen LogP contribution in [0.5, 0.6) is 0 Å². The number of carboxylic acids is 4. The second kappa shape index (κ2) is 3.99. The molecule has 0 aromatic rings. The van der Waals surface area contributed by atoms with Gasteiger partial charge in [-0.25, -0.2) is 0 Å². The van der Waals surface area contributed by atoms with E-state index in [1.54, 1.807) is 0 Å². The first-order valence-corrected chi connectivity index (χ1v) is 7.06. The summed E-state index contributed by atoms with van der Waals surface area (Å²) in [4.78, 5) is 47.3. The van der Waals surface area contributed by atoms with E-state index in [9.17, 15) is 39.6 Å². The van der Waals surface area contributed by atoms with Crippen molar-refractivity contribution in [2.45, 2.75) is 32.1 Å². The van der Waals surface area contributed by atoms with Crippen LogP contribution in [0.1, 0.15) is 32.1 Å². The fourth-order valence-corrected chi connectivity index (χ4v) is 5.57. The van der Waals surface area contributed by atoms with E-state index in [0.717, 1.165) is 0 Å². The van der Waals surface area contributed by atoms with Gasteiger partial charge in [0.05, 0.1) is 10.8 Å². The van der Waals surface area contributed by atoms with E-state index >= 15 is 0 Å². The van der Waals surface area contributed by atoms with Gasteiger partial charge in [0.1, 0.15) is 0 Å². The quantitative estimate of drug-likeness (QED) is 0.548. The van der Waals surface area contributed by atoms with E-state index in [0.29, 0.717) is 6.42 Å². The summed E-state index contributed by atoms with van der Waals surface area (Å²) in [6, 6.07) is 0. The van der Waals surface area contributed by atoms with Crippen LogP contribution in [0.25, 0.3) is 0 Å². The summed E-state index contributed by atoms with van der Waals surface area (Å²) < 4.78 is 0. The summed E-state index contributed by atoms with van der Waals surface area (Å²) in [6.07, 6.45) is -0.0684. The first-order valence-electron chi connectivity index (χ1n) is 7.06. The van der Waals surface area contributed by atoms with E-state index in [2.05, 4.69) is 0 Å². The largest absolute Gasteiger partial charge is 0.481 e. The van der Waals surface area contributed by atoms with Gasteiger partial charge in [-0.1, -0.05) is 0 Å². The highest BCUT2D eigenvalue weighted by molar-refractivity contribution is 6.05. The maximum absolute atomic E-state index is 11.9. The van der Waals surface area contributed by atoms with Crippen LogP contribution in [0.3, 0.4) is 0 Å². The Labute approximate surface area is 124 Å². The van der Waals surface area contributed by atoms with Crippen molar-refractivity contribution in [2.24, 2.45) is 28.1 Å². The van der Waals surface area contributed by atoms with E-state index in [-0.39, 0.29) is 25.2 Å². The topological polar surface area (TPSA) is 149 Å². The molecule has 4 aliphatic rings. The van der Waals surface area contributed by atoms with Crippen molar-refractivity contribution < 1.29 is 39.6 Å². The van der Waals surface area contributed by atoms with E-state index in [1.807, 2.05) is 0 Å². The van der Waals surface area contributed by atoms with Crippen molar-refractivity contribution in [2.75, 3.05) is 0 Å². The highest BCUT2D eigenvalue weighted by Crippen LogP contribution is 2.72. The zero-order chi connectivity index (χ0) is 16.5. The van der Waals surface area contributed by atoms with Gasteiger partial charge in [-0.15, -0.1) is 0 Å². The Bertz CT molecular complexity index is 596. The lowest BCUT2D eigenvalue weighted by atomic mass is 9.35. The molecule has 4 bridgehead atoms. The smallest absolute Gasteiger partial charge is 0.322 e. The van der Waals surface area contributed by atoms with Gasteiger partial charge in [-0.3, -0.25) is 19.2 Å². The minimum atomic E-state index is -2.45. The van der Waals surface area contributed by atoms with Gasteiger partial charge in [0.2, 0.25) is 0 Å². The summed E-state index contributed by atoms with van der Waals surface area (Å²) in [7, 11) is 0. The van der Waals surface area contributed by atoms with Gasteiger partial charge >= 0.3 is 23.9 Å². The highest BCUT2D eigenvalue weighted by atomic mass is 16.4. The Morgan fingerprint density at radius 3 is 1.82 bits per heavy atom. The van der Waals surface area contributed by atoms with Gasteiger partial charge in [-0.05, 0) is 43.9 Å². The van der Waals surface area contributed by atoms with Gasteiger partial charge in [0.25, 0.3) is 0 Å². The standard InChI is InChI=1S/C14H16O8/c15-8(16)12-2-6-1-7(4-12)14(10(19)20,11(21)22)13(3-6,5-12)9(17)18/h6-7H,1-5H2,(H,15,16)(H,17,18)(H,19,20)(H,21,22). The third-order valence-electron chi connectivity index (χ3n) is 6.12. The molecule has 120 valence electrons. The molecule has 8 nitrogen and oxygen atoms in total. The van der Waals surface area contributed by atoms with Crippen LogP contribution in [0, 0.1) is 28.1 Å². The first kappa shape index (κ1) is 14.8. The predicted octanol–water partition coefficient (Wildman–Crippen LogP) is 0.508. The molecule has 4 fully saturated rings. The normalized spacial score (nSPS) is 41.1. The van der Waals surface area contributed by atoms with Gasteiger partial charge in [0, 0.05) is 0 Å². The molecule has 4 N–H and O–H groups in total. The number of hydrogen-bond acceptors (Lipinski definition) is 4. The summed E-state index contributed by atoms with van der Waals surface area (Å²) in [5, 5.41) is 38.4. The zero-order valence-electron chi connectivity index (χ0n) is 11.6. The molecule has 0 saturated heterocycles. The molecule has 0 aliphatic heterocycles. The first-order chi connectivity index (χ1) is 10.1. The summed E-state index contributed by atoms with van der Waals surface area (Å²) in [5.41, 5.74) is -5.83. The molecule has 0 spiro atoms. The van der Waals surface area contributed by atoms with Crippen LogP contribution in [0.2, 0.25) is 0 Å². The van der Waals surface area contributed by atoms with Crippen molar-refractivity contribution in [3.63, 3.8) is 0 Å². The predicted molar refractivity (Wildman–Crippen MR) is 67.9 cm³/mol. The van der Waals surface area contributed by atoms with Crippen LogP contribution in [0.4, 0.5) is 0 Å². The molecule has 4 saturated carbocycles. The SMILES string of the molecule is O=C(O)C12CC3CC(C1)C(C(=O)O)(C(=O)O)C(C(=O)O)(C3)C2. The molecule has 4 unspecified atom stereocenters. The Morgan fingerprint density at radius 1 is 0.773 bits per heavy atom. The molecular formula is C14H16O8. The average Bonchev–Trinajstić information content (AvgIpc) is 2.36. The van der Waals surface area contributed by atoms with Crippen LogP contribution in [-0.4, -0.2) is 44.3 Å². The molecule has 0 aromatic heterocycles. The minimum Gasteiger partial charge on any atom is -0.481 e. The monoisotopic (exact) mass is 312 g/mol. The third kappa shape index (κ3) is 1.33. The molecule has 4 atom stereocenters. The summed E-state index contributed by atoms with van der Waals surface area (Å²) in [6.45, 7) is 0. The Kier molecular flexibility index (Phi) is 2.69. The Hall–Kier alpha value is -2.12. The molecule has 0 amide bonds. The number of aliphatic carboxylic acids is 4. The molecule has 22 heavy (non-hydrogen) atoms. The number of carboxylic acid groups (broad SMARTS) is 4. The maximum atomic E-state index is 11.9. The summed E-state index contributed by atoms with van der Waals surface area (Å²) >= 11 is 0.